The molecule has 1 atom stereocenters. The minimum Gasteiger partial charge on any atom is -0.484 e. The Hall–Kier alpha value is -2.74. The molecule has 0 aliphatic heterocycles. The summed E-state index contributed by atoms with van der Waals surface area (Å²) >= 11 is 1.61. The topological polar surface area (TPSA) is 81.9 Å². The Bertz CT molecular complexity index is 758. The predicted octanol–water partition coefficient (Wildman–Crippen LogP) is 1.98. The number of amides is 1. The third-order valence-corrected chi connectivity index (χ3v) is 4.20. The van der Waals surface area contributed by atoms with Gasteiger partial charge in [0.25, 0.3) is 5.91 Å². The largest absolute Gasteiger partial charge is 0.484 e. The summed E-state index contributed by atoms with van der Waals surface area (Å²) in [5.41, 5.74) is 0.764. The van der Waals surface area contributed by atoms with Crippen LogP contribution in [0.5, 0.6) is 5.75 Å². The fraction of sp³-hybridized carbons (Fsp3) is 0.200. The minimum absolute atomic E-state index is 0.0290. The first-order chi connectivity index (χ1) is 11.2. The van der Waals surface area contributed by atoms with Gasteiger partial charge >= 0.3 is 0 Å². The molecule has 0 saturated heterocycles. The van der Waals surface area contributed by atoms with Gasteiger partial charge in [0.15, 0.2) is 6.61 Å². The third kappa shape index (κ3) is 3.92. The molecule has 0 bridgehead atoms. The highest BCUT2D eigenvalue weighted by Crippen LogP contribution is 2.18. The van der Waals surface area contributed by atoms with Crippen LogP contribution in [0, 0.1) is 0 Å². The summed E-state index contributed by atoms with van der Waals surface area (Å²) in [4.78, 5) is 13.1. The van der Waals surface area contributed by atoms with Gasteiger partial charge in [0.05, 0.1) is 11.7 Å². The summed E-state index contributed by atoms with van der Waals surface area (Å²) in [7, 11) is 0. The number of benzene rings is 1. The van der Waals surface area contributed by atoms with Crippen molar-refractivity contribution in [3.05, 3.63) is 53.0 Å². The Labute approximate surface area is 136 Å². The van der Waals surface area contributed by atoms with E-state index in [2.05, 4.69) is 20.8 Å². The molecule has 1 amide bonds. The van der Waals surface area contributed by atoms with Crippen molar-refractivity contribution in [2.45, 2.75) is 13.0 Å². The Morgan fingerprint density at radius 2 is 2.30 bits per heavy atom. The minimum atomic E-state index is -0.168. The number of ether oxygens (including phenoxy) is 1. The van der Waals surface area contributed by atoms with Crippen molar-refractivity contribution < 1.29 is 9.53 Å². The van der Waals surface area contributed by atoms with E-state index in [1.165, 1.54) is 11.0 Å². The molecule has 1 aromatic carbocycles. The van der Waals surface area contributed by atoms with Crippen LogP contribution in [0.4, 0.5) is 0 Å². The van der Waals surface area contributed by atoms with Gasteiger partial charge in [-0.1, -0.05) is 12.1 Å². The molecule has 3 rings (SSSR count). The van der Waals surface area contributed by atoms with Crippen LogP contribution in [-0.2, 0) is 4.79 Å². The SMILES string of the molecule is C[C@H](NC(=O)COc1cccc(-n2cnnn2)c1)c1cccs1. The molecule has 0 aliphatic rings. The molecule has 7 nitrogen and oxygen atoms in total. The number of hydrogen-bond acceptors (Lipinski definition) is 6. The smallest absolute Gasteiger partial charge is 0.258 e. The van der Waals surface area contributed by atoms with Crippen LogP contribution in [0.2, 0.25) is 0 Å². The first-order valence-corrected chi connectivity index (χ1v) is 7.89. The van der Waals surface area contributed by atoms with Crippen LogP contribution in [0.1, 0.15) is 17.8 Å². The van der Waals surface area contributed by atoms with E-state index in [0.29, 0.717) is 5.75 Å². The highest BCUT2D eigenvalue weighted by atomic mass is 32.1. The maximum atomic E-state index is 12.0. The van der Waals surface area contributed by atoms with E-state index in [1.807, 2.05) is 36.6 Å². The van der Waals surface area contributed by atoms with Crippen molar-refractivity contribution in [3.63, 3.8) is 0 Å². The monoisotopic (exact) mass is 329 g/mol. The van der Waals surface area contributed by atoms with Crippen molar-refractivity contribution in [2.24, 2.45) is 0 Å². The molecular formula is C15H15N5O2S. The molecule has 2 heterocycles. The van der Waals surface area contributed by atoms with Crippen molar-refractivity contribution in [3.8, 4) is 11.4 Å². The predicted molar refractivity (Wildman–Crippen MR) is 85.5 cm³/mol. The first-order valence-electron chi connectivity index (χ1n) is 7.01. The average Bonchev–Trinajstić information content (AvgIpc) is 3.26. The first kappa shape index (κ1) is 15.2. The summed E-state index contributed by atoms with van der Waals surface area (Å²) in [5, 5.41) is 15.9. The normalized spacial score (nSPS) is 11.9. The van der Waals surface area contributed by atoms with Gasteiger partial charge < -0.3 is 10.1 Å². The summed E-state index contributed by atoms with van der Waals surface area (Å²) in [5.74, 6) is 0.413. The van der Waals surface area contributed by atoms with Gasteiger partial charge in [0.2, 0.25) is 0 Å². The lowest BCUT2D eigenvalue weighted by Gasteiger charge is -2.13. The summed E-state index contributed by atoms with van der Waals surface area (Å²) < 4.78 is 7.05. The maximum absolute atomic E-state index is 12.0. The molecule has 3 aromatic rings. The average molecular weight is 329 g/mol. The van der Waals surface area contributed by atoms with Gasteiger partial charge in [-0.05, 0) is 40.9 Å². The lowest BCUT2D eigenvalue weighted by atomic mass is 10.3. The number of tetrazole rings is 1. The second kappa shape index (κ2) is 7.01. The highest BCUT2D eigenvalue weighted by Gasteiger charge is 2.11. The molecule has 2 aromatic heterocycles. The van der Waals surface area contributed by atoms with E-state index in [0.717, 1.165) is 10.6 Å². The van der Waals surface area contributed by atoms with Crippen LogP contribution in [0.15, 0.2) is 48.1 Å². The summed E-state index contributed by atoms with van der Waals surface area (Å²) in [6.45, 7) is 1.90. The molecule has 0 aliphatic carbocycles. The highest BCUT2D eigenvalue weighted by molar-refractivity contribution is 7.10. The van der Waals surface area contributed by atoms with Crippen molar-refractivity contribution in [2.75, 3.05) is 6.61 Å². The quantitative estimate of drug-likeness (QED) is 0.748. The number of carbonyl (C=O) groups is 1. The number of thiophene rings is 1. The molecule has 0 fully saturated rings. The fourth-order valence-corrected chi connectivity index (χ4v) is 2.77. The van der Waals surface area contributed by atoms with Crippen LogP contribution in [-0.4, -0.2) is 32.7 Å². The van der Waals surface area contributed by atoms with Gasteiger partial charge in [-0.3, -0.25) is 4.79 Å². The molecular weight excluding hydrogens is 314 g/mol. The van der Waals surface area contributed by atoms with Crippen molar-refractivity contribution >= 4 is 17.2 Å². The van der Waals surface area contributed by atoms with Crippen LogP contribution in [0.25, 0.3) is 5.69 Å². The molecule has 118 valence electrons. The van der Waals surface area contributed by atoms with Gasteiger partial charge in [0.1, 0.15) is 12.1 Å². The number of aromatic nitrogens is 4. The maximum Gasteiger partial charge on any atom is 0.258 e. The lowest BCUT2D eigenvalue weighted by molar-refractivity contribution is -0.123. The molecule has 8 heteroatoms. The number of nitrogens with zero attached hydrogens (tertiary/aromatic N) is 4. The third-order valence-electron chi connectivity index (χ3n) is 3.15. The van der Waals surface area contributed by atoms with E-state index < -0.39 is 0 Å². The van der Waals surface area contributed by atoms with Gasteiger partial charge in [-0.15, -0.1) is 16.4 Å². The van der Waals surface area contributed by atoms with E-state index in [1.54, 1.807) is 23.5 Å². The molecule has 0 radical (unpaired) electrons. The van der Waals surface area contributed by atoms with Gasteiger partial charge in [-0.25, -0.2) is 4.68 Å². The molecule has 1 N–H and O–H groups in total. The molecule has 0 unspecified atom stereocenters. The Morgan fingerprint density at radius 1 is 1.39 bits per heavy atom. The molecule has 0 spiro atoms. The summed E-state index contributed by atoms with van der Waals surface area (Å²) in [6.07, 6.45) is 1.49. The van der Waals surface area contributed by atoms with Gasteiger partial charge in [-0.2, -0.15) is 0 Å². The van der Waals surface area contributed by atoms with Crippen LogP contribution >= 0.6 is 11.3 Å². The molecule has 0 saturated carbocycles. The number of nitrogens with one attached hydrogen (secondary N) is 1. The zero-order chi connectivity index (χ0) is 16.1. The van der Waals surface area contributed by atoms with E-state index in [-0.39, 0.29) is 18.6 Å². The Balaban J connectivity index is 1.56. The van der Waals surface area contributed by atoms with Crippen molar-refractivity contribution in [1.82, 2.24) is 25.5 Å². The number of hydrogen-bond donors (Lipinski definition) is 1. The Morgan fingerprint density at radius 3 is 3.04 bits per heavy atom. The molecule has 23 heavy (non-hydrogen) atoms. The van der Waals surface area contributed by atoms with E-state index in [9.17, 15) is 4.79 Å². The van der Waals surface area contributed by atoms with Crippen LogP contribution in [0.3, 0.4) is 0 Å². The summed E-state index contributed by atoms with van der Waals surface area (Å²) in [6, 6.07) is 11.1. The standard InChI is InChI=1S/C15H15N5O2S/c1-11(14-6-3-7-23-14)17-15(21)9-22-13-5-2-4-12(8-13)20-10-16-18-19-20/h2-8,10-11H,9H2,1H3,(H,17,21)/t11-/m0/s1. The van der Waals surface area contributed by atoms with Crippen LogP contribution < -0.4 is 10.1 Å². The second-order valence-corrected chi connectivity index (χ2v) is 5.82. The van der Waals surface area contributed by atoms with Crippen molar-refractivity contribution in [1.29, 1.82) is 0 Å². The zero-order valence-electron chi connectivity index (χ0n) is 12.4. The van der Waals surface area contributed by atoms with Gasteiger partial charge in [0, 0.05) is 10.9 Å². The lowest BCUT2D eigenvalue weighted by Crippen LogP contribution is -2.30. The number of rotatable bonds is 6. The fourth-order valence-electron chi connectivity index (χ4n) is 2.04. The zero-order valence-corrected chi connectivity index (χ0v) is 13.2. The second-order valence-electron chi connectivity index (χ2n) is 4.85. The van der Waals surface area contributed by atoms with E-state index in [4.69, 9.17) is 4.74 Å². The van der Waals surface area contributed by atoms with E-state index >= 15 is 0 Å². The number of carbonyl (C=O) groups excluding carboxylic acids is 1. The Kier molecular flexibility index (Phi) is 4.62.